The molecule has 0 N–H and O–H groups in total. The lowest BCUT2D eigenvalue weighted by Crippen LogP contribution is -2.30. The molecule has 0 aliphatic heterocycles. The van der Waals surface area contributed by atoms with E-state index in [4.69, 9.17) is 15.0 Å². The van der Waals surface area contributed by atoms with Gasteiger partial charge in [-0.15, -0.1) is 0 Å². The fraction of sp³-hybridized carbons (Fsp3) is 0.370. The number of hydrogen-bond acceptors (Lipinski definition) is 4. The number of nitrogens with zero attached hydrogens (tertiary/aromatic N) is 2. The number of hydrogen-bond donors (Lipinski definition) is 0. The maximum atomic E-state index is 13.4. The average Bonchev–Trinajstić information content (AvgIpc) is 2.80. The number of nitriles is 1. The van der Waals surface area contributed by atoms with Crippen LogP contribution in [0.25, 0.3) is 10.9 Å². The zero-order chi connectivity index (χ0) is 22.0. The molecule has 1 aliphatic carbocycles. The summed E-state index contributed by atoms with van der Waals surface area (Å²) in [6.07, 6.45) is 3.95. The van der Waals surface area contributed by atoms with Crippen molar-refractivity contribution in [3.8, 4) is 6.07 Å². The van der Waals surface area contributed by atoms with Gasteiger partial charge in [0.25, 0.3) is 0 Å². The van der Waals surface area contributed by atoms with Crippen LogP contribution in [0.2, 0.25) is 0 Å². The number of benzene rings is 2. The van der Waals surface area contributed by atoms with E-state index in [-0.39, 0.29) is 18.0 Å². The van der Waals surface area contributed by atoms with Crippen LogP contribution in [0, 0.1) is 22.7 Å². The summed E-state index contributed by atoms with van der Waals surface area (Å²) < 4.78 is 5.76. The first-order valence-electron chi connectivity index (χ1n) is 11.0. The highest BCUT2D eigenvalue weighted by molar-refractivity contribution is 6.05. The summed E-state index contributed by atoms with van der Waals surface area (Å²) in [6, 6.07) is 17.1. The number of fused-ring (bicyclic) bond motifs is 2. The SMILES string of the molecule is CCC(C)(C)C1CCc2nc3ccccc3c(C(=O)OCc3ccc(C#N)cc3)c2C1. The third kappa shape index (κ3) is 4.18. The van der Waals surface area contributed by atoms with E-state index in [0.717, 1.165) is 53.4 Å². The molecule has 0 spiro atoms. The van der Waals surface area contributed by atoms with E-state index in [9.17, 15) is 4.79 Å². The number of esters is 1. The van der Waals surface area contributed by atoms with Gasteiger partial charge in [-0.2, -0.15) is 5.26 Å². The maximum absolute atomic E-state index is 13.4. The van der Waals surface area contributed by atoms with Crippen molar-refractivity contribution in [3.63, 3.8) is 0 Å². The Morgan fingerprint density at radius 2 is 1.94 bits per heavy atom. The molecule has 0 bridgehead atoms. The molecule has 1 heterocycles. The van der Waals surface area contributed by atoms with Gasteiger partial charge in [0.2, 0.25) is 0 Å². The fourth-order valence-corrected chi connectivity index (χ4v) is 4.47. The molecule has 2 aromatic carbocycles. The van der Waals surface area contributed by atoms with Crippen molar-refractivity contribution < 1.29 is 9.53 Å². The smallest absolute Gasteiger partial charge is 0.339 e. The minimum atomic E-state index is -0.297. The summed E-state index contributed by atoms with van der Waals surface area (Å²) in [7, 11) is 0. The molecule has 1 aromatic heterocycles. The summed E-state index contributed by atoms with van der Waals surface area (Å²) in [4.78, 5) is 18.3. The second-order valence-corrected chi connectivity index (χ2v) is 9.10. The highest BCUT2D eigenvalue weighted by atomic mass is 16.5. The van der Waals surface area contributed by atoms with Crippen molar-refractivity contribution in [2.24, 2.45) is 11.3 Å². The topological polar surface area (TPSA) is 63.0 Å². The number of aromatic nitrogens is 1. The molecular formula is C27H28N2O2. The summed E-state index contributed by atoms with van der Waals surface area (Å²) in [5.74, 6) is 0.215. The molecule has 0 radical (unpaired) electrons. The van der Waals surface area contributed by atoms with E-state index in [1.54, 1.807) is 12.1 Å². The molecule has 0 saturated carbocycles. The Balaban J connectivity index is 1.69. The third-order valence-electron chi connectivity index (χ3n) is 6.93. The molecule has 0 amide bonds. The van der Waals surface area contributed by atoms with Crippen molar-refractivity contribution in [1.82, 2.24) is 4.98 Å². The van der Waals surface area contributed by atoms with Crippen molar-refractivity contribution in [3.05, 3.63) is 76.5 Å². The molecule has 4 rings (SSSR count). The molecule has 158 valence electrons. The molecule has 4 nitrogen and oxygen atoms in total. The second-order valence-electron chi connectivity index (χ2n) is 9.10. The van der Waals surface area contributed by atoms with Crippen molar-refractivity contribution in [1.29, 1.82) is 5.26 Å². The first-order chi connectivity index (χ1) is 14.9. The van der Waals surface area contributed by atoms with Crippen LogP contribution in [-0.4, -0.2) is 11.0 Å². The zero-order valence-electron chi connectivity index (χ0n) is 18.4. The van der Waals surface area contributed by atoms with E-state index in [1.165, 1.54) is 0 Å². The lowest BCUT2D eigenvalue weighted by molar-refractivity contribution is 0.0472. The molecule has 1 unspecified atom stereocenters. The second kappa shape index (κ2) is 8.51. The van der Waals surface area contributed by atoms with Crippen molar-refractivity contribution in [2.45, 2.75) is 53.1 Å². The summed E-state index contributed by atoms with van der Waals surface area (Å²) in [6.45, 7) is 7.06. The fourth-order valence-electron chi connectivity index (χ4n) is 4.47. The van der Waals surface area contributed by atoms with Crippen LogP contribution in [-0.2, 0) is 24.2 Å². The molecule has 0 fully saturated rings. The average molecular weight is 413 g/mol. The van der Waals surface area contributed by atoms with Crippen LogP contribution in [0.5, 0.6) is 0 Å². The number of carbonyl (C=O) groups excluding carboxylic acids is 1. The zero-order valence-corrected chi connectivity index (χ0v) is 18.4. The Morgan fingerprint density at radius 1 is 1.19 bits per heavy atom. The minimum Gasteiger partial charge on any atom is -0.457 e. The van der Waals surface area contributed by atoms with E-state index in [0.29, 0.717) is 17.0 Å². The number of rotatable bonds is 5. The Morgan fingerprint density at radius 3 is 2.65 bits per heavy atom. The van der Waals surface area contributed by atoms with Crippen molar-refractivity contribution in [2.75, 3.05) is 0 Å². The maximum Gasteiger partial charge on any atom is 0.339 e. The van der Waals surface area contributed by atoms with Gasteiger partial charge >= 0.3 is 5.97 Å². The van der Waals surface area contributed by atoms with E-state index in [1.807, 2.05) is 36.4 Å². The predicted molar refractivity (Wildman–Crippen MR) is 122 cm³/mol. The lowest BCUT2D eigenvalue weighted by atomic mass is 9.68. The summed E-state index contributed by atoms with van der Waals surface area (Å²) in [5, 5.41) is 9.83. The minimum absolute atomic E-state index is 0.180. The molecule has 0 saturated heterocycles. The van der Waals surface area contributed by atoms with Gasteiger partial charge in [-0.3, -0.25) is 4.98 Å². The highest BCUT2D eigenvalue weighted by Crippen LogP contribution is 2.41. The van der Waals surface area contributed by atoms with Crippen LogP contribution < -0.4 is 0 Å². The van der Waals surface area contributed by atoms with Gasteiger partial charge in [-0.25, -0.2) is 4.79 Å². The monoisotopic (exact) mass is 412 g/mol. The predicted octanol–water partition coefficient (Wildman–Crippen LogP) is 6.00. The molecular weight excluding hydrogens is 384 g/mol. The normalized spacial score (nSPS) is 15.9. The summed E-state index contributed by atoms with van der Waals surface area (Å²) in [5.41, 5.74) is 5.28. The van der Waals surface area contributed by atoms with E-state index in [2.05, 4.69) is 26.8 Å². The number of para-hydroxylation sites is 1. The van der Waals surface area contributed by atoms with Crippen LogP contribution in [0.3, 0.4) is 0 Å². The van der Waals surface area contributed by atoms with E-state index < -0.39 is 0 Å². The highest BCUT2D eigenvalue weighted by Gasteiger charge is 2.34. The van der Waals surface area contributed by atoms with Gasteiger partial charge < -0.3 is 4.74 Å². The van der Waals surface area contributed by atoms with Crippen LogP contribution in [0.4, 0.5) is 0 Å². The van der Waals surface area contributed by atoms with Gasteiger partial charge in [-0.1, -0.05) is 57.5 Å². The molecule has 31 heavy (non-hydrogen) atoms. The molecule has 4 heteroatoms. The van der Waals surface area contributed by atoms with Crippen LogP contribution >= 0.6 is 0 Å². The number of aryl methyl sites for hydroxylation is 1. The van der Waals surface area contributed by atoms with E-state index >= 15 is 0 Å². The number of ether oxygens (including phenoxy) is 1. The van der Waals surface area contributed by atoms with Crippen LogP contribution in [0.1, 0.15) is 66.4 Å². The molecule has 3 aromatic rings. The third-order valence-corrected chi connectivity index (χ3v) is 6.93. The Hall–Kier alpha value is -3.19. The number of carbonyl (C=O) groups is 1. The van der Waals surface area contributed by atoms with Crippen LogP contribution in [0.15, 0.2) is 48.5 Å². The van der Waals surface area contributed by atoms with Gasteiger partial charge in [0.15, 0.2) is 0 Å². The largest absolute Gasteiger partial charge is 0.457 e. The Bertz CT molecular complexity index is 1160. The van der Waals surface area contributed by atoms with Gasteiger partial charge in [0.1, 0.15) is 6.61 Å². The molecule has 1 aliphatic rings. The summed E-state index contributed by atoms with van der Waals surface area (Å²) >= 11 is 0. The Labute approximate surface area is 183 Å². The number of pyridine rings is 1. The lowest BCUT2D eigenvalue weighted by Gasteiger charge is -2.37. The van der Waals surface area contributed by atoms with Gasteiger partial charge in [0.05, 0.1) is 22.7 Å². The molecule has 1 atom stereocenters. The first kappa shape index (κ1) is 21.1. The van der Waals surface area contributed by atoms with Gasteiger partial charge in [0, 0.05) is 11.1 Å². The first-order valence-corrected chi connectivity index (χ1v) is 11.0. The quantitative estimate of drug-likeness (QED) is 0.482. The van der Waals surface area contributed by atoms with Gasteiger partial charge in [-0.05, 0) is 59.9 Å². The van der Waals surface area contributed by atoms with Crippen molar-refractivity contribution >= 4 is 16.9 Å². The standard InChI is InChI=1S/C27H28N2O2/c1-4-27(2,3)20-13-14-24-22(15-20)25(21-7-5-6-8-23(21)29-24)26(30)31-17-19-11-9-18(16-28)10-12-19/h5-12,20H,4,13-15,17H2,1-3H3. The Kier molecular flexibility index (Phi) is 5.78.